The van der Waals surface area contributed by atoms with E-state index in [2.05, 4.69) is 32.6 Å². The zero-order chi connectivity index (χ0) is 61.1. The Kier molecular flexibility index (Phi) is 63.5. The lowest BCUT2D eigenvalue weighted by Crippen LogP contribution is -2.60. The second kappa shape index (κ2) is 66.5. The van der Waals surface area contributed by atoms with Gasteiger partial charge in [-0.2, -0.15) is 0 Å². The number of hydroxylamine groups is 3. The van der Waals surface area contributed by atoms with Crippen LogP contribution in [0.15, 0.2) is 30.3 Å². The van der Waals surface area contributed by atoms with E-state index in [1.165, 1.54) is 372 Å². The van der Waals surface area contributed by atoms with Crippen LogP contribution in [0.1, 0.15) is 449 Å². The van der Waals surface area contributed by atoms with Crippen LogP contribution in [0.5, 0.6) is 0 Å². The summed E-state index contributed by atoms with van der Waals surface area (Å²) in [6.07, 6.45) is 85.3. The Morgan fingerprint density at radius 2 is 0.459 bits per heavy atom. The number of unbranched alkanes of at least 4 members (excludes halogenated alkanes) is 60. The van der Waals surface area contributed by atoms with E-state index in [1.54, 1.807) is 0 Å². The Hall–Kier alpha value is -1.88. The highest BCUT2D eigenvalue weighted by atomic mass is 16.8. The largest absolute Gasteiger partial charge is 0.460 e. The minimum atomic E-state index is -0.341. The lowest BCUT2D eigenvalue weighted by atomic mass is 10.0. The monoisotopic (exact) mass is 1190 g/mol. The summed E-state index contributed by atoms with van der Waals surface area (Å²) in [5.41, 5.74) is 0.555. The van der Waals surface area contributed by atoms with Gasteiger partial charge in [0, 0.05) is 25.9 Å². The van der Waals surface area contributed by atoms with Gasteiger partial charge in [0.15, 0.2) is 0 Å². The molecule has 0 radical (unpaired) electrons. The number of nitrogens with zero attached hydrogens (tertiary/aromatic N) is 2. The van der Waals surface area contributed by atoms with Gasteiger partial charge in [0.2, 0.25) is 0 Å². The van der Waals surface area contributed by atoms with Crippen LogP contribution in [0.3, 0.4) is 0 Å². The normalized spacial score (nSPS) is 11.8. The van der Waals surface area contributed by atoms with Gasteiger partial charge >= 0.3 is 12.0 Å². The van der Waals surface area contributed by atoms with E-state index in [0.717, 1.165) is 51.6 Å². The van der Waals surface area contributed by atoms with Gasteiger partial charge in [-0.1, -0.05) is 423 Å². The zero-order valence-corrected chi connectivity index (χ0v) is 58.6. The van der Waals surface area contributed by atoms with Crippen molar-refractivity contribution >= 4 is 12.0 Å². The number of hydrogen-bond donors (Lipinski definition) is 0. The first-order valence-electron chi connectivity index (χ1n) is 39.5. The number of hydrogen-bond acceptors (Lipinski definition) is 3. The molecule has 0 aliphatic heterocycles. The maximum Gasteiger partial charge on any atom is 0.460 e. The fourth-order valence-electron chi connectivity index (χ4n) is 13.3. The van der Waals surface area contributed by atoms with Crippen LogP contribution >= 0.6 is 0 Å². The van der Waals surface area contributed by atoms with Crippen molar-refractivity contribution in [3.8, 4) is 0 Å². The van der Waals surface area contributed by atoms with Crippen molar-refractivity contribution in [2.75, 3.05) is 26.2 Å². The molecule has 1 rings (SSSR count). The van der Waals surface area contributed by atoms with Crippen LogP contribution < -0.4 is 0 Å². The van der Waals surface area contributed by atoms with Crippen molar-refractivity contribution < 1.29 is 19.1 Å². The third kappa shape index (κ3) is 53.7. The smallest absolute Gasteiger partial charge is 0.289 e. The molecule has 1 aromatic carbocycles. The van der Waals surface area contributed by atoms with Crippen molar-refractivity contribution in [1.29, 1.82) is 0 Å². The van der Waals surface area contributed by atoms with E-state index in [4.69, 9.17) is 4.84 Å². The summed E-state index contributed by atoms with van der Waals surface area (Å²) < 4.78 is -0.164. The van der Waals surface area contributed by atoms with Crippen LogP contribution in [-0.2, 0) is 4.84 Å². The Labute approximate surface area is 534 Å². The molecule has 0 unspecified atom stereocenters. The summed E-state index contributed by atoms with van der Waals surface area (Å²) in [6, 6.07) is 9.63. The second-order valence-electron chi connectivity index (χ2n) is 27.6. The summed E-state index contributed by atoms with van der Waals surface area (Å²) in [5, 5.41) is 0. The van der Waals surface area contributed by atoms with Gasteiger partial charge in [-0.05, 0) is 37.8 Å². The molecule has 0 saturated heterocycles. The molecule has 1 aromatic rings. The number of urea groups is 1. The lowest BCUT2D eigenvalue weighted by Gasteiger charge is -2.36. The predicted octanol–water partition coefficient (Wildman–Crippen LogP) is 28.0. The molecule has 0 heterocycles. The summed E-state index contributed by atoms with van der Waals surface area (Å²) in [6.45, 7) is 12.0. The Balaban J connectivity index is 3.03. The molecule has 0 aliphatic carbocycles. The average Bonchev–Trinajstić information content (AvgIpc) is 3.68. The molecule has 5 heteroatoms. The molecule has 0 atom stereocenters. The van der Waals surface area contributed by atoms with Gasteiger partial charge in [-0.25, -0.2) is 9.59 Å². The predicted molar refractivity (Wildman–Crippen MR) is 377 cm³/mol. The van der Waals surface area contributed by atoms with Gasteiger partial charge in [0.25, 0.3) is 0 Å². The number of rotatable bonds is 69. The molecule has 0 spiro atoms. The number of carbonyl (C=O) groups excluding carboxylic acids is 2. The van der Waals surface area contributed by atoms with Crippen LogP contribution in [0.25, 0.3) is 0 Å². The van der Waals surface area contributed by atoms with Gasteiger partial charge in [-0.3, -0.25) is 9.74 Å². The van der Waals surface area contributed by atoms with E-state index in [9.17, 15) is 4.79 Å². The molecule has 0 saturated carbocycles. The zero-order valence-electron chi connectivity index (χ0n) is 58.6. The standard InChI is InChI=1S/C80H153N2O3/c1-5-9-13-17-21-25-29-33-37-41-45-49-53-57-61-68-74-81(75-69-62-58-54-50-46-42-38-34-30-26-22-18-14-10-6-2)80(84)82(85-79(83)78-72-66-65-67-73-78,76-70-63-59-55-51-47-43-39-35-31-27-23-19-15-11-7-3)77-71-64-60-56-52-48-44-40-36-32-28-24-20-16-12-8-4/h65-67,72-73H,5-64,68-71,74-77H2,1-4H3/q+1. The third-order valence-electron chi connectivity index (χ3n) is 19.2. The van der Waals surface area contributed by atoms with Crippen molar-refractivity contribution in [1.82, 2.24) is 4.90 Å². The summed E-state index contributed by atoms with van der Waals surface area (Å²) in [7, 11) is 0. The van der Waals surface area contributed by atoms with Crippen molar-refractivity contribution in [3.63, 3.8) is 0 Å². The highest BCUT2D eigenvalue weighted by Crippen LogP contribution is 2.25. The van der Waals surface area contributed by atoms with Crippen LogP contribution in [0, 0.1) is 0 Å². The lowest BCUT2D eigenvalue weighted by molar-refractivity contribution is -1.03. The summed E-state index contributed by atoms with van der Waals surface area (Å²) in [4.78, 5) is 39.1. The minimum Gasteiger partial charge on any atom is -0.289 e. The molecule has 0 aromatic heterocycles. The van der Waals surface area contributed by atoms with Crippen LogP contribution in [-0.4, -0.2) is 47.7 Å². The molecule has 0 N–H and O–H groups in total. The van der Waals surface area contributed by atoms with Gasteiger partial charge in [-0.15, -0.1) is 0 Å². The highest BCUT2D eigenvalue weighted by molar-refractivity contribution is 5.89. The summed E-state index contributed by atoms with van der Waals surface area (Å²) >= 11 is 0. The fourth-order valence-corrected chi connectivity index (χ4v) is 13.3. The molecular weight excluding hydrogens is 1040 g/mol. The summed E-state index contributed by atoms with van der Waals surface area (Å²) in [5.74, 6) is -0.341. The van der Waals surface area contributed by atoms with E-state index in [1.807, 2.05) is 30.3 Å². The van der Waals surface area contributed by atoms with Crippen molar-refractivity contribution in [2.45, 2.75) is 439 Å². The molecule has 5 nitrogen and oxygen atoms in total. The van der Waals surface area contributed by atoms with Crippen molar-refractivity contribution in [3.05, 3.63) is 35.9 Å². The number of benzene rings is 1. The van der Waals surface area contributed by atoms with E-state index < -0.39 is 0 Å². The number of amides is 2. The molecule has 85 heavy (non-hydrogen) atoms. The van der Waals surface area contributed by atoms with Gasteiger partial charge < -0.3 is 0 Å². The van der Waals surface area contributed by atoms with Crippen LogP contribution in [0.4, 0.5) is 4.79 Å². The SMILES string of the molecule is CCCCCCCCCCCCCCCCCCN(CCCCCCCCCCCCCCCCCC)C(=O)[N+](CCCCCCCCCCCCCCCCCC)(CCCCCCCCCCCCCCCCCC)OC(=O)c1ccccc1. The van der Waals surface area contributed by atoms with Gasteiger partial charge in [0.1, 0.15) is 13.1 Å². The first kappa shape index (κ1) is 81.1. The Morgan fingerprint density at radius 3 is 0.671 bits per heavy atom. The number of quaternary nitrogens is 1. The molecule has 0 bridgehead atoms. The highest BCUT2D eigenvalue weighted by Gasteiger charge is 2.45. The van der Waals surface area contributed by atoms with E-state index >= 15 is 4.79 Å². The van der Waals surface area contributed by atoms with Crippen LogP contribution in [0.2, 0.25) is 0 Å². The maximum absolute atomic E-state index is 15.7. The van der Waals surface area contributed by atoms with Gasteiger partial charge in [0.05, 0.1) is 5.56 Å². The van der Waals surface area contributed by atoms with E-state index in [-0.39, 0.29) is 16.6 Å². The maximum atomic E-state index is 15.7. The number of carbonyl (C=O) groups is 2. The first-order valence-corrected chi connectivity index (χ1v) is 39.5. The molecular formula is C80H153N2O3+. The quantitative estimate of drug-likeness (QED) is 0.0371. The fraction of sp³-hybridized carbons (Fsp3) is 0.900. The molecule has 0 aliphatic rings. The van der Waals surface area contributed by atoms with E-state index in [0.29, 0.717) is 18.7 Å². The molecule has 2 amide bonds. The second-order valence-corrected chi connectivity index (χ2v) is 27.6. The molecule has 500 valence electrons. The third-order valence-corrected chi connectivity index (χ3v) is 19.2. The Morgan fingerprint density at radius 1 is 0.271 bits per heavy atom. The molecule has 0 fully saturated rings. The first-order chi connectivity index (χ1) is 42.0. The minimum absolute atomic E-state index is 0.0631. The Bertz CT molecular complexity index is 1390. The van der Waals surface area contributed by atoms with Crippen molar-refractivity contribution in [2.24, 2.45) is 0 Å². The average molecular weight is 1190 g/mol. The topological polar surface area (TPSA) is 46.6 Å².